The fraction of sp³-hybridized carbons (Fsp3) is 0.333. The zero-order valence-corrected chi connectivity index (χ0v) is 7.07. The molecule has 3 nitrogen and oxygen atoms in total. The number of aromatic nitrogens is 2. The molecule has 0 fully saturated rings. The summed E-state index contributed by atoms with van der Waals surface area (Å²) >= 11 is 0. The summed E-state index contributed by atoms with van der Waals surface area (Å²) < 4.78 is 0. The first-order chi connectivity index (χ1) is 5.70. The Kier molecular flexibility index (Phi) is 2.94. The summed E-state index contributed by atoms with van der Waals surface area (Å²) in [6.07, 6.45) is 4.68. The van der Waals surface area contributed by atoms with Crippen molar-refractivity contribution in [2.75, 3.05) is 0 Å². The van der Waals surface area contributed by atoms with Gasteiger partial charge in [-0.2, -0.15) is 0 Å². The molecule has 0 aliphatic rings. The Hall–Kier alpha value is -1.22. The van der Waals surface area contributed by atoms with Crippen molar-refractivity contribution in [2.24, 2.45) is 0 Å². The van der Waals surface area contributed by atoms with Crippen LogP contribution in [0.5, 0.6) is 0 Å². The van der Waals surface area contributed by atoms with Crippen LogP contribution in [0.25, 0.3) is 0 Å². The number of hydrogen-bond donors (Lipinski definition) is 1. The Morgan fingerprint density at radius 1 is 1.67 bits per heavy atom. The summed E-state index contributed by atoms with van der Waals surface area (Å²) in [5.74, 6) is 0. The van der Waals surface area contributed by atoms with Gasteiger partial charge in [0.1, 0.15) is 6.10 Å². The molecule has 0 saturated carbocycles. The highest BCUT2D eigenvalue weighted by atomic mass is 16.3. The fourth-order valence-electron chi connectivity index (χ4n) is 0.917. The highest BCUT2D eigenvalue weighted by molar-refractivity contribution is 5.03. The number of rotatable bonds is 3. The Labute approximate surface area is 71.8 Å². The first kappa shape index (κ1) is 8.87. The van der Waals surface area contributed by atoms with E-state index in [2.05, 4.69) is 16.5 Å². The normalized spacial score (nSPS) is 12.5. The summed E-state index contributed by atoms with van der Waals surface area (Å²) in [5, 5.41) is 9.53. The molecule has 0 spiro atoms. The minimum absolute atomic E-state index is 0.540. The quantitative estimate of drug-likeness (QED) is 0.688. The van der Waals surface area contributed by atoms with E-state index in [1.54, 1.807) is 18.6 Å². The molecule has 64 valence electrons. The highest BCUT2D eigenvalue weighted by Gasteiger charge is 2.07. The standard InChI is InChI=1S/C9H12N2O/c1-7(2)5-9(12)8-6-10-3-4-11-8/h3-4,6,9,12H,1,5H2,2H3. The van der Waals surface area contributed by atoms with Gasteiger partial charge in [0.05, 0.1) is 11.9 Å². The van der Waals surface area contributed by atoms with E-state index in [1.807, 2.05) is 6.92 Å². The third-order valence-electron chi connectivity index (χ3n) is 1.47. The Morgan fingerprint density at radius 2 is 2.42 bits per heavy atom. The maximum Gasteiger partial charge on any atom is 0.101 e. The largest absolute Gasteiger partial charge is 0.386 e. The molecular weight excluding hydrogens is 152 g/mol. The van der Waals surface area contributed by atoms with Gasteiger partial charge in [-0.15, -0.1) is 6.58 Å². The molecule has 0 saturated heterocycles. The molecule has 3 heteroatoms. The average molecular weight is 164 g/mol. The van der Waals surface area contributed by atoms with Gasteiger partial charge in [-0.1, -0.05) is 5.57 Å². The molecule has 1 N–H and O–H groups in total. The summed E-state index contributed by atoms with van der Waals surface area (Å²) in [7, 11) is 0. The van der Waals surface area contributed by atoms with Gasteiger partial charge in [0.15, 0.2) is 0 Å². The third kappa shape index (κ3) is 2.43. The molecule has 12 heavy (non-hydrogen) atoms. The van der Waals surface area contributed by atoms with Gasteiger partial charge >= 0.3 is 0 Å². The van der Waals surface area contributed by atoms with Gasteiger partial charge in [-0.25, -0.2) is 0 Å². The Balaban J connectivity index is 2.65. The monoisotopic (exact) mass is 164 g/mol. The molecule has 0 aliphatic heterocycles. The van der Waals surface area contributed by atoms with Gasteiger partial charge in [-0.3, -0.25) is 9.97 Å². The van der Waals surface area contributed by atoms with Crippen molar-refractivity contribution in [1.29, 1.82) is 0 Å². The van der Waals surface area contributed by atoms with Crippen molar-refractivity contribution in [2.45, 2.75) is 19.4 Å². The van der Waals surface area contributed by atoms with Crippen LogP contribution in [-0.2, 0) is 0 Å². The SMILES string of the molecule is C=C(C)CC(O)c1cnccn1. The predicted molar refractivity (Wildman–Crippen MR) is 46.4 cm³/mol. The van der Waals surface area contributed by atoms with E-state index in [1.165, 1.54) is 0 Å². The molecule has 0 aliphatic carbocycles. The molecular formula is C9H12N2O. The lowest BCUT2D eigenvalue weighted by Gasteiger charge is -2.07. The van der Waals surface area contributed by atoms with Gasteiger partial charge in [0.2, 0.25) is 0 Å². The van der Waals surface area contributed by atoms with E-state index in [-0.39, 0.29) is 0 Å². The maximum absolute atomic E-state index is 9.53. The topological polar surface area (TPSA) is 46.0 Å². The van der Waals surface area contributed by atoms with Crippen molar-refractivity contribution >= 4 is 0 Å². The molecule has 0 radical (unpaired) electrons. The van der Waals surface area contributed by atoms with E-state index in [9.17, 15) is 5.11 Å². The van der Waals surface area contributed by atoms with Gasteiger partial charge < -0.3 is 5.11 Å². The number of hydrogen-bond acceptors (Lipinski definition) is 3. The second-order valence-corrected chi connectivity index (χ2v) is 2.81. The van der Waals surface area contributed by atoms with Gasteiger partial charge in [0, 0.05) is 12.4 Å². The molecule has 1 rings (SSSR count). The van der Waals surface area contributed by atoms with E-state index >= 15 is 0 Å². The molecule has 1 atom stereocenters. The lowest BCUT2D eigenvalue weighted by atomic mass is 10.1. The molecule has 1 aromatic heterocycles. The van der Waals surface area contributed by atoms with Crippen molar-refractivity contribution in [3.63, 3.8) is 0 Å². The Bertz CT molecular complexity index is 258. The number of aliphatic hydroxyl groups excluding tert-OH is 1. The van der Waals surface area contributed by atoms with Crippen LogP contribution in [-0.4, -0.2) is 15.1 Å². The smallest absolute Gasteiger partial charge is 0.101 e. The van der Waals surface area contributed by atoms with Crippen LogP contribution in [0.15, 0.2) is 30.7 Å². The van der Waals surface area contributed by atoms with Crippen LogP contribution in [0.1, 0.15) is 25.1 Å². The minimum Gasteiger partial charge on any atom is -0.386 e. The first-order valence-corrected chi connectivity index (χ1v) is 3.78. The zero-order chi connectivity index (χ0) is 8.97. The molecule has 0 aromatic carbocycles. The molecule has 1 heterocycles. The van der Waals surface area contributed by atoms with E-state index in [4.69, 9.17) is 0 Å². The third-order valence-corrected chi connectivity index (χ3v) is 1.47. The van der Waals surface area contributed by atoms with Gasteiger partial charge in [-0.05, 0) is 13.3 Å². The summed E-state index contributed by atoms with van der Waals surface area (Å²) in [4.78, 5) is 7.84. The molecule has 0 amide bonds. The predicted octanol–water partition coefficient (Wildman–Crippen LogP) is 1.48. The van der Waals surface area contributed by atoms with E-state index < -0.39 is 6.10 Å². The number of nitrogens with zero attached hydrogens (tertiary/aromatic N) is 2. The molecule has 1 aromatic rings. The highest BCUT2D eigenvalue weighted by Crippen LogP contribution is 2.16. The van der Waals surface area contributed by atoms with E-state index in [0.717, 1.165) is 5.57 Å². The van der Waals surface area contributed by atoms with Crippen LogP contribution >= 0.6 is 0 Å². The van der Waals surface area contributed by atoms with Crippen molar-refractivity contribution < 1.29 is 5.11 Å². The molecule has 1 unspecified atom stereocenters. The van der Waals surface area contributed by atoms with Crippen LogP contribution in [0.3, 0.4) is 0 Å². The summed E-state index contributed by atoms with van der Waals surface area (Å²) in [5.41, 5.74) is 1.54. The van der Waals surface area contributed by atoms with Crippen molar-refractivity contribution in [3.8, 4) is 0 Å². The second-order valence-electron chi connectivity index (χ2n) is 2.81. The maximum atomic E-state index is 9.53. The van der Waals surface area contributed by atoms with Crippen molar-refractivity contribution in [1.82, 2.24) is 9.97 Å². The lowest BCUT2D eigenvalue weighted by molar-refractivity contribution is 0.173. The summed E-state index contributed by atoms with van der Waals surface area (Å²) in [6.45, 7) is 5.59. The zero-order valence-electron chi connectivity index (χ0n) is 7.07. The lowest BCUT2D eigenvalue weighted by Crippen LogP contribution is -2.00. The van der Waals surface area contributed by atoms with Gasteiger partial charge in [0.25, 0.3) is 0 Å². The molecule has 0 bridgehead atoms. The van der Waals surface area contributed by atoms with Crippen LogP contribution in [0, 0.1) is 0 Å². The van der Waals surface area contributed by atoms with Crippen LogP contribution in [0.4, 0.5) is 0 Å². The minimum atomic E-state index is -0.573. The number of aliphatic hydroxyl groups is 1. The van der Waals surface area contributed by atoms with E-state index in [0.29, 0.717) is 12.1 Å². The van der Waals surface area contributed by atoms with Crippen LogP contribution < -0.4 is 0 Å². The Morgan fingerprint density at radius 3 is 2.92 bits per heavy atom. The summed E-state index contributed by atoms with van der Waals surface area (Å²) in [6, 6.07) is 0. The first-order valence-electron chi connectivity index (χ1n) is 3.78. The van der Waals surface area contributed by atoms with Crippen LogP contribution in [0.2, 0.25) is 0 Å². The van der Waals surface area contributed by atoms with Crippen molar-refractivity contribution in [3.05, 3.63) is 36.4 Å². The fourth-order valence-corrected chi connectivity index (χ4v) is 0.917. The second kappa shape index (κ2) is 3.97. The average Bonchev–Trinajstić information content (AvgIpc) is 2.05.